The van der Waals surface area contributed by atoms with E-state index in [-0.39, 0.29) is 18.0 Å². The molecular weight excluding hydrogens is 291 g/mol. The molecule has 21 heavy (non-hydrogen) atoms. The minimum Gasteiger partial charge on any atom is -0.326 e. The Morgan fingerprint density at radius 2 is 1.90 bits per heavy atom. The molecule has 0 heterocycles. The Balaban J connectivity index is 2.25. The Morgan fingerprint density at radius 3 is 2.57 bits per heavy atom. The van der Waals surface area contributed by atoms with Crippen LogP contribution in [0.2, 0.25) is 0 Å². The highest BCUT2D eigenvalue weighted by Crippen LogP contribution is 2.17. The van der Waals surface area contributed by atoms with Crippen molar-refractivity contribution in [1.29, 1.82) is 0 Å². The summed E-state index contributed by atoms with van der Waals surface area (Å²) >= 11 is 0. The first kappa shape index (κ1) is 15.6. The van der Waals surface area contributed by atoms with Gasteiger partial charge in [-0.25, -0.2) is 17.5 Å². The van der Waals surface area contributed by atoms with Crippen LogP contribution in [0.3, 0.4) is 0 Å². The van der Waals surface area contributed by atoms with Crippen LogP contribution in [0, 0.1) is 12.7 Å². The molecule has 0 aliphatic heterocycles. The highest BCUT2D eigenvalue weighted by molar-refractivity contribution is 7.89. The summed E-state index contributed by atoms with van der Waals surface area (Å²) in [7, 11) is -3.71. The molecule has 0 spiro atoms. The minimum atomic E-state index is -3.71. The van der Waals surface area contributed by atoms with Crippen molar-refractivity contribution < 1.29 is 12.8 Å². The normalized spacial score (nSPS) is 11.6. The molecule has 0 atom stereocenters. The van der Waals surface area contributed by atoms with Crippen LogP contribution in [0.4, 0.5) is 4.39 Å². The van der Waals surface area contributed by atoms with Gasteiger partial charge >= 0.3 is 0 Å². The van der Waals surface area contributed by atoms with Gasteiger partial charge in [-0.1, -0.05) is 30.3 Å². The van der Waals surface area contributed by atoms with E-state index in [9.17, 15) is 12.8 Å². The lowest BCUT2D eigenvalue weighted by atomic mass is 10.1. The molecule has 112 valence electrons. The summed E-state index contributed by atoms with van der Waals surface area (Å²) in [5.41, 5.74) is 7.18. The van der Waals surface area contributed by atoms with Crippen LogP contribution in [0.5, 0.6) is 0 Å². The van der Waals surface area contributed by atoms with Crippen LogP contribution in [0.15, 0.2) is 47.4 Å². The number of hydrogen-bond donors (Lipinski definition) is 2. The van der Waals surface area contributed by atoms with E-state index < -0.39 is 15.8 Å². The van der Waals surface area contributed by atoms with Crippen molar-refractivity contribution in [2.45, 2.75) is 24.9 Å². The number of benzene rings is 2. The Labute approximate surface area is 123 Å². The fourth-order valence-electron chi connectivity index (χ4n) is 1.95. The first-order valence-electron chi connectivity index (χ1n) is 6.46. The highest BCUT2D eigenvalue weighted by Gasteiger charge is 2.17. The molecule has 0 radical (unpaired) electrons. The van der Waals surface area contributed by atoms with Crippen molar-refractivity contribution in [2.24, 2.45) is 5.73 Å². The average molecular weight is 308 g/mol. The average Bonchev–Trinajstić information content (AvgIpc) is 2.47. The number of nitrogens with two attached hydrogens (primary N) is 1. The van der Waals surface area contributed by atoms with E-state index in [1.54, 1.807) is 43.3 Å². The van der Waals surface area contributed by atoms with Gasteiger partial charge in [0.2, 0.25) is 10.0 Å². The van der Waals surface area contributed by atoms with Gasteiger partial charge in [-0.2, -0.15) is 0 Å². The third-order valence-corrected chi connectivity index (χ3v) is 4.73. The zero-order valence-electron chi connectivity index (χ0n) is 11.6. The molecule has 0 bridgehead atoms. The Kier molecular flexibility index (Phi) is 4.72. The van der Waals surface area contributed by atoms with Crippen molar-refractivity contribution in [3.8, 4) is 0 Å². The van der Waals surface area contributed by atoms with Gasteiger partial charge in [0, 0.05) is 18.7 Å². The van der Waals surface area contributed by atoms with Crippen LogP contribution in [0.1, 0.15) is 16.7 Å². The smallest absolute Gasteiger partial charge is 0.241 e. The number of aryl methyl sites for hydroxylation is 1. The first-order valence-corrected chi connectivity index (χ1v) is 7.95. The van der Waals surface area contributed by atoms with Gasteiger partial charge in [-0.15, -0.1) is 0 Å². The third-order valence-electron chi connectivity index (χ3n) is 3.19. The van der Waals surface area contributed by atoms with E-state index in [1.807, 2.05) is 0 Å². The molecule has 0 saturated heterocycles. The Morgan fingerprint density at radius 1 is 1.19 bits per heavy atom. The van der Waals surface area contributed by atoms with E-state index in [0.717, 1.165) is 5.56 Å². The van der Waals surface area contributed by atoms with E-state index in [1.165, 1.54) is 6.07 Å². The summed E-state index contributed by atoms with van der Waals surface area (Å²) < 4.78 is 40.6. The molecule has 2 aromatic rings. The molecule has 0 fully saturated rings. The lowest BCUT2D eigenvalue weighted by Gasteiger charge is -2.11. The summed E-state index contributed by atoms with van der Waals surface area (Å²) in [6.45, 7) is 1.87. The maximum Gasteiger partial charge on any atom is 0.241 e. The third kappa shape index (κ3) is 3.66. The summed E-state index contributed by atoms with van der Waals surface area (Å²) in [5.74, 6) is -0.437. The SMILES string of the molecule is Cc1ccc(CN)cc1S(=O)(=O)NCc1ccccc1F. The standard InChI is InChI=1S/C15H17FN2O2S/c1-11-6-7-12(9-17)8-15(11)21(19,20)18-10-13-4-2-3-5-14(13)16/h2-8,18H,9-10,17H2,1H3. The molecule has 0 saturated carbocycles. The Hall–Kier alpha value is -1.76. The molecule has 6 heteroatoms. The summed E-state index contributed by atoms with van der Waals surface area (Å²) in [6, 6.07) is 11.1. The van der Waals surface area contributed by atoms with Crippen LogP contribution in [0.25, 0.3) is 0 Å². The number of rotatable bonds is 5. The second-order valence-corrected chi connectivity index (χ2v) is 6.46. The van der Waals surface area contributed by atoms with Crippen LogP contribution in [-0.2, 0) is 23.1 Å². The maximum atomic E-state index is 13.5. The van der Waals surface area contributed by atoms with Crippen molar-refractivity contribution in [1.82, 2.24) is 4.72 Å². The molecule has 4 nitrogen and oxygen atoms in total. The van der Waals surface area contributed by atoms with E-state index >= 15 is 0 Å². The predicted octanol–water partition coefficient (Wildman–Crippen LogP) is 2.07. The topological polar surface area (TPSA) is 72.2 Å². The van der Waals surface area contributed by atoms with Crippen molar-refractivity contribution >= 4 is 10.0 Å². The Bertz CT molecular complexity index is 745. The summed E-state index contributed by atoms with van der Waals surface area (Å²) in [5, 5.41) is 0. The molecule has 0 amide bonds. The molecule has 0 aliphatic carbocycles. The number of sulfonamides is 1. The second kappa shape index (κ2) is 6.34. The lowest BCUT2D eigenvalue weighted by molar-refractivity contribution is 0.573. The maximum absolute atomic E-state index is 13.5. The number of hydrogen-bond acceptors (Lipinski definition) is 3. The minimum absolute atomic E-state index is 0.0959. The molecule has 2 aromatic carbocycles. The van der Waals surface area contributed by atoms with Gasteiger partial charge < -0.3 is 5.73 Å². The van der Waals surface area contributed by atoms with Crippen molar-refractivity contribution in [3.63, 3.8) is 0 Å². The second-order valence-electron chi connectivity index (χ2n) is 4.72. The fraction of sp³-hybridized carbons (Fsp3) is 0.200. The zero-order valence-corrected chi connectivity index (χ0v) is 12.5. The molecular formula is C15H17FN2O2S. The highest BCUT2D eigenvalue weighted by atomic mass is 32.2. The predicted molar refractivity (Wildman–Crippen MR) is 79.5 cm³/mol. The lowest BCUT2D eigenvalue weighted by Crippen LogP contribution is -2.24. The van der Waals surface area contributed by atoms with Crippen LogP contribution >= 0.6 is 0 Å². The largest absolute Gasteiger partial charge is 0.326 e. The van der Waals surface area contributed by atoms with Crippen molar-refractivity contribution in [2.75, 3.05) is 0 Å². The zero-order chi connectivity index (χ0) is 15.5. The molecule has 3 N–H and O–H groups in total. The van der Waals surface area contributed by atoms with E-state index in [0.29, 0.717) is 11.1 Å². The molecule has 0 unspecified atom stereocenters. The first-order chi connectivity index (χ1) is 9.94. The van der Waals surface area contributed by atoms with Crippen molar-refractivity contribution in [3.05, 3.63) is 65.0 Å². The number of nitrogens with one attached hydrogen (secondary N) is 1. The molecule has 0 aliphatic rings. The summed E-state index contributed by atoms with van der Waals surface area (Å²) in [6.07, 6.45) is 0. The van der Waals surface area contributed by atoms with Crippen LogP contribution < -0.4 is 10.5 Å². The van der Waals surface area contributed by atoms with Gasteiger partial charge in [0.25, 0.3) is 0 Å². The van der Waals surface area contributed by atoms with Gasteiger partial charge in [0.1, 0.15) is 5.82 Å². The van der Waals surface area contributed by atoms with E-state index in [4.69, 9.17) is 5.73 Å². The quantitative estimate of drug-likeness (QED) is 0.888. The number of halogens is 1. The monoisotopic (exact) mass is 308 g/mol. The van der Waals surface area contributed by atoms with E-state index in [2.05, 4.69) is 4.72 Å². The van der Waals surface area contributed by atoms with Crippen LogP contribution in [-0.4, -0.2) is 8.42 Å². The molecule has 0 aromatic heterocycles. The summed E-state index contributed by atoms with van der Waals surface area (Å²) in [4.78, 5) is 0.168. The van der Waals surface area contributed by atoms with Gasteiger partial charge in [-0.05, 0) is 30.2 Å². The van der Waals surface area contributed by atoms with Gasteiger partial charge in [0.05, 0.1) is 4.90 Å². The van der Waals surface area contributed by atoms with Gasteiger partial charge in [-0.3, -0.25) is 0 Å². The fourth-order valence-corrected chi connectivity index (χ4v) is 3.25. The van der Waals surface area contributed by atoms with Gasteiger partial charge in [0.15, 0.2) is 0 Å². The molecule has 2 rings (SSSR count).